The molecule has 8 aromatic rings. The maximum absolute atomic E-state index is 2.66. The number of hydrogen-bond acceptors (Lipinski definition) is 3. The van der Waals surface area contributed by atoms with Crippen LogP contribution in [0.15, 0.2) is 155 Å². The molecule has 2 aliphatic rings. The van der Waals surface area contributed by atoms with Crippen LogP contribution in [0, 0.1) is 0 Å². The standard InChI is InChI=1S/C50H42BNS2/c1-5-6-19-37-41(25-27-46-48(37)38-20-13-14-21-44(38)53-46)52-42-24-22-34(32-15-9-7-10-16-32)28-39(42)51-40-29-35(33-17-11-8-12-18-33)23-26-45(40)54-47-31-36(50(2,3)4)30-43(52)49(47)51/h7-18,20-31H,5-6,19H2,1-4H3. The van der Waals surface area contributed by atoms with Gasteiger partial charge in [-0.05, 0) is 105 Å². The van der Waals surface area contributed by atoms with Gasteiger partial charge >= 0.3 is 0 Å². The van der Waals surface area contributed by atoms with E-state index in [1.807, 2.05) is 23.1 Å². The van der Waals surface area contributed by atoms with Crippen molar-refractivity contribution in [1.82, 2.24) is 0 Å². The summed E-state index contributed by atoms with van der Waals surface area (Å²) >= 11 is 3.88. The van der Waals surface area contributed by atoms with E-state index in [2.05, 4.69) is 178 Å². The Labute approximate surface area is 327 Å². The van der Waals surface area contributed by atoms with E-state index in [1.54, 1.807) is 0 Å². The summed E-state index contributed by atoms with van der Waals surface area (Å²) in [6, 6.07) is 55.1. The summed E-state index contributed by atoms with van der Waals surface area (Å²) in [7, 11) is 0. The fourth-order valence-electron chi connectivity index (χ4n) is 8.76. The van der Waals surface area contributed by atoms with Crippen LogP contribution < -0.4 is 21.3 Å². The van der Waals surface area contributed by atoms with Crippen LogP contribution in [0.5, 0.6) is 0 Å². The van der Waals surface area contributed by atoms with Gasteiger partial charge in [-0.3, -0.25) is 0 Å². The van der Waals surface area contributed by atoms with Gasteiger partial charge in [0.1, 0.15) is 0 Å². The maximum Gasteiger partial charge on any atom is 0.249 e. The summed E-state index contributed by atoms with van der Waals surface area (Å²) < 4.78 is 2.74. The Morgan fingerprint density at radius 3 is 1.96 bits per heavy atom. The third kappa shape index (κ3) is 5.45. The van der Waals surface area contributed by atoms with Gasteiger partial charge in [0.15, 0.2) is 0 Å². The molecule has 1 aromatic heterocycles. The van der Waals surface area contributed by atoms with Crippen molar-refractivity contribution in [3.63, 3.8) is 0 Å². The number of hydrogen-bond donors (Lipinski definition) is 0. The van der Waals surface area contributed by atoms with Crippen molar-refractivity contribution < 1.29 is 0 Å². The predicted octanol–water partition coefficient (Wildman–Crippen LogP) is 12.8. The highest BCUT2D eigenvalue weighted by Crippen LogP contribution is 2.48. The van der Waals surface area contributed by atoms with Gasteiger partial charge < -0.3 is 4.90 Å². The molecule has 2 aliphatic heterocycles. The zero-order chi connectivity index (χ0) is 36.6. The Hall–Kier alpha value is -5.03. The molecule has 3 heterocycles. The van der Waals surface area contributed by atoms with E-state index in [-0.39, 0.29) is 12.1 Å². The number of nitrogens with zero attached hydrogens (tertiary/aromatic N) is 1. The number of benzene rings is 7. The van der Waals surface area contributed by atoms with Crippen LogP contribution in [-0.4, -0.2) is 6.71 Å². The third-order valence-corrected chi connectivity index (χ3v) is 13.8. The SMILES string of the molecule is CCCCc1c(N2c3ccc(-c4ccccc4)cc3B3c4cc(-c5ccccc5)ccc4Sc4cc(C(C)(C)C)cc2c43)ccc2sc3ccccc3c12. The largest absolute Gasteiger partial charge is 0.311 e. The minimum atomic E-state index is -0.0132. The quantitative estimate of drug-likeness (QED) is 0.157. The first-order chi connectivity index (χ1) is 26.4. The van der Waals surface area contributed by atoms with Crippen molar-refractivity contribution in [2.75, 3.05) is 4.90 Å². The molecule has 1 nitrogen and oxygen atoms in total. The van der Waals surface area contributed by atoms with Crippen LogP contribution in [0.2, 0.25) is 0 Å². The highest BCUT2D eigenvalue weighted by molar-refractivity contribution is 8.00. The molecule has 0 unspecified atom stereocenters. The lowest BCUT2D eigenvalue weighted by atomic mass is 9.34. The van der Waals surface area contributed by atoms with Crippen molar-refractivity contribution in [2.24, 2.45) is 0 Å². The van der Waals surface area contributed by atoms with E-state index >= 15 is 0 Å². The Balaban J connectivity index is 1.30. The molecule has 0 saturated carbocycles. The second-order valence-electron chi connectivity index (χ2n) is 15.9. The Kier molecular flexibility index (Phi) is 8.12. The molecule has 262 valence electrons. The monoisotopic (exact) mass is 731 g/mol. The lowest BCUT2D eigenvalue weighted by Gasteiger charge is -2.42. The molecule has 0 saturated heterocycles. The highest BCUT2D eigenvalue weighted by Gasteiger charge is 2.42. The number of anilines is 3. The van der Waals surface area contributed by atoms with Gasteiger partial charge in [0.2, 0.25) is 6.71 Å². The van der Waals surface area contributed by atoms with Crippen LogP contribution in [0.3, 0.4) is 0 Å². The van der Waals surface area contributed by atoms with Crippen molar-refractivity contribution >= 4 is 83.4 Å². The number of rotatable bonds is 6. The fraction of sp³-hybridized carbons (Fsp3) is 0.160. The average molecular weight is 732 g/mol. The summed E-state index contributed by atoms with van der Waals surface area (Å²) in [4.78, 5) is 5.39. The Morgan fingerprint density at radius 1 is 0.574 bits per heavy atom. The molecule has 0 fully saturated rings. The van der Waals surface area contributed by atoms with Gasteiger partial charge in [0, 0.05) is 47.0 Å². The Bertz CT molecular complexity index is 2720. The van der Waals surface area contributed by atoms with Gasteiger partial charge in [-0.2, -0.15) is 0 Å². The lowest BCUT2D eigenvalue weighted by molar-refractivity contribution is 0.589. The molecule has 0 N–H and O–H groups in total. The number of aryl methyl sites for hydroxylation is 1. The topological polar surface area (TPSA) is 3.24 Å². The minimum Gasteiger partial charge on any atom is -0.311 e. The molecule has 7 aromatic carbocycles. The van der Waals surface area contributed by atoms with Crippen LogP contribution in [0.25, 0.3) is 42.4 Å². The molecule has 0 bridgehead atoms. The molecular weight excluding hydrogens is 690 g/mol. The van der Waals surface area contributed by atoms with Crippen LogP contribution in [0.1, 0.15) is 51.7 Å². The summed E-state index contributed by atoms with van der Waals surface area (Å²) in [6.45, 7) is 9.49. The summed E-state index contributed by atoms with van der Waals surface area (Å²) in [5.41, 5.74) is 16.0. The van der Waals surface area contributed by atoms with E-state index in [9.17, 15) is 0 Å². The van der Waals surface area contributed by atoms with Crippen molar-refractivity contribution in [1.29, 1.82) is 0 Å². The van der Waals surface area contributed by atoms with Crippen LogP contribution >= 0.6 is 23.1 Å². The lowest BCUT2D eigenvalue weighted by Crippen LogP contribution is -2.60. The van der Waals surface area contributed by atoms with Crippen LogP contribution in [-0.2, 0) is 11.8 Å². The van der Waals surface area contributed by atoms with E-state index in [0.717, 1.165) is 19.3 Å². The first-order valence-electron chi connectivity index (χ1n) is 19.4. The summed E-state index contributed by atoms with van der Waals surface area (Å²) in [5, 5.41) is 2.81. The molecule has 0 atom stereocenters. The zero-order valence-corrected chi connectivity index (χ0v) is 33.0. The van der Waals surface area contributed by atoms with E-state index < -0.39 is 0 Å². The van der Waals surface area contributed by atoms with Crippen molar-refractivity contribution in [2.45, 2.75) is 62.2 Å². The normalized spacial score (nSPS) is 13.3. The maximum atomic E-state index is 2.66. The van der Waals surface area contributed by atoms with Crippen molar-refractivity contribution in [3.8, 4) is 22.3 Å². The van der Waals surface area contributed by atoms with Gasteiger partial charge in [-0.15, -0.1) is 11.3 Å². The molecule has 4 heteroatoms. The summed E-state index contributed by atoms with van der Waals surface area (Å²) in [6.07, 6.45) is 3.35. The highest BCUT2D eigenvalue weighted by atomic mass is 32.2. The predicted molar refractivity (Wildman–Crippen MR) is 237 cm³/mol. The minimum absolute atomic E-state index is 0.0132. The molecule has 0 aliphatic carbocycles. The van der Waals surface area contributed by atoms with Gasteiger partial charge in [-0.1, -0.05) is 154 Å². The average Bonchev–Trinajstić information content (AvgIpc) is 3.59. The van der Waals surface area contributed by atoms with Gasteiger partial charge in [-0.25, -0.2) is 0 Å². The van der Waals surface area contributed by atoms with Crippen LogP contribution in [0.4, 0.5) is 17.1 Å². The second-order valence-corrected chi connectivity index (χ2v) is 18.1. The third-order valence-electron chi connectivity index (χ3n) is 11.5. The number of thiophene rings is 1. The van der Waals surface area contributed by atoms with Gasteiger partial charge in [0.25, 0.3) is 0 Å². The molecular formula is C50H42BNS2. The van der Waals surface area contributed by atoms with Crippen molar-refractivity contribution in [3.05, 3.63) is 157 Å². The molecule has 0 amide bonds. The number of unbranched alkanes of at least 4 members (excludes halogenated alkanes) is 1. The van der Waals surface area contributed by atoms with E-state index in [4.69, 9.17) is 0 Å². The molecule has 0 radical (unpaired) electrons. The first kappa shape index (κ1) is 33.5. The summed E-state index contributed by atoms with van der Waals surface area (Å²) in [5.74, 6) is 0. The van der Waals surface area contributed by atoms with Gasteiger partial charge in [0.05, 0.1) is 0 Å². The number of fused-ring (bicyclic) bond motifs is 7. The second kappa shape index (κ2) is 13.1. The van der Waals surface area contributed by atoms with E-state index in [1.165, 1.54) is 96.8 Å². The Morgan fingerprint density at radius 2 is 1.24 bits per heavy atom. The first-order valence-corrected chi connectivity index (χ1v) is 21.0. The van der Waals surface area contributed by atoms with E-state index in [0.29, 0.717) is 0 Å². The smallest absolute Gasteiger partial charge is 0.249 e. The molecule has 0 spiro atoms. The molecule has 54 heavy (non-hydrogen) atoms. The fourth-order valence-corrected chi connectivity index (χ4v) is 11.1. The molecule has 10 rings (SSSR count). The zero-order valence-electron chi connectivity index (χ0n) is 31.3.